The molecule has 0 saturated carbocycles. The average molecular weight is 402 g/mol. The Balaban J connectivity index is 1.78. The fraction of sp³-hybridized carbons (Fsp3) is 0.211. The van der Waals surface area contributed by atoms with Gasteiger partial charge in [0, 0.05) is 22.7 Å². The Morgan fingerprint density at radius 2 is 1.89 bits per heavy atom. The molecule has 6 nitrogen and oxygen atoms in total. The quantitative estimate of drug-likeness (QED) is 0.602. The van der Waals surface area contributed by atoms with Gasteiger partial charge in [-0.2, -0.15) is 0 Å². The third-order valence-corrected chi connectivity index (χ3v) is 5.64. The molecule has 0 bridgehead atoms. The van der Waals surface area contributed by atoms with Gasteiger partial charge in [-0.25, -0.2) is 0 Å². The second-order valence-electron chi connectivity index (χ2n) is 5.91. The molecular weight excluding hydrogens is 386 g/mol. The van der Waals surface area contributed by atoms with Crippen molar-refractivity contribution in [3.05, 3.63) is 53.6 Å². The van der Waals surface area contributed by atoms with Crippen LogP contribution in [-0.2, 0) is 9.53 Å². The fourth-order valence-electron chi connectivity index (χ4n) is 2.81. The lowest BCUT2D eigenvalue weighted by molar-refractivity contribution is -0.137. The molecule has 27 heavy (non-hydrogen) atoms. The minimum atomic E-state index is -0.274. The molecule has 2 heterocycles. The van der Waals surface area contributed by atoms with E-state index in [1.165, 1.54) is 11.8 Å². The van der Waals surface area contributed by atoms with Crippen molar-refractivity contribution in [2.45, 2.75) is 16.8 Å². The zero-order valence-corrected chi connectivity index (χ0v) is 16.0. The van der Waals surface area contributed by atoms with Crippen LogP contribution >= 0.6 is 23.4 Å². The molecule has 2 aromatic carbocycles. The Morgan fingerprint density at radius 3 is 2.52 bits per heavy atom. The molecule has 0 amide bonds. The van der Waals surface area contributed by atoms with Gasteiger partial charge >= 0.3 is 5.97 Å². The highest BCUT2D eigenvalue weighted by molar-refractivity contribution is 8.00. The van der Waals surface area contributed by atoms with Gasteiger partial charge in [0.15, 0.2) is 11.0 Å². The van der Waals surface area contributed by atoms with Crippen LogP contribution in [0.1, 0.15) is 6.42 Å². The van der Waals surface area contributed by atoms with Crippen LogP contribution in [0.15, 0.2) is 53.7 Å². The van der Waals surface area contributed by atoms with Crippen LogP contribution < -0.4 is 4.74 Å². The van der Waals surface area contributed by atoms with Crippen molar-refractivity contribution in [2.24, 2.45) is 0 Å². The molecular formula is C19H16ClN3O3S. The molecule has 0 spiro atoms. The number of carbonyl (C=O) groups excluding carboxylic acids is 1. The van der Waals surface area contributed by atoms with Gasteiger partial charge in [-0.15, -0.1) is 10.2 Å². The number of rotatable bonds is 5. The third-order valence-electron chi connectivity index (χ3n) is 4.20. The summed E-state index contributed by atoms with van der Waals surface area (Å²) in [6.45, 7) is 0.442. The maximum absolute atomic E-state index is 11.9. The van der Waals surface area contributed by atoms with Gasteiger partial charge in [0.2, 0.25) is 0 Å². The SMILES string of the molecule is COc1ccc(-n2c(S[C@H]3CCOC3=O)nnc2-c2ccc(Cl)cc2)cc1. The van der Waals surface area contributed by atoms with Gasteiger partial charge in [-0.1, -0.05) is 23.4 Å². The van der Waals surface area contributed by atoms with Crippen LogP contribution in [0.4, 0.5) is 0 Å². The first-order chi connectivity index (χ1) is 13.2. The molecule has 0 aliphatic carbocycles. The van der Waals surface area contributed by atoms with Crippen LogP contribution in [0.5, 0.6) is 5.75 Å². The van der Waals surface area contributed by atoms with Gasteiger partial charge in [0.05, 0.1) is 13.7 Å². The highest BCUT2D eigenvalue weighted by Gasteiger charge is 2.30. The van der Waals surface area contributed by atoms with E-state index in [1.54, 1.807) is 7.11 Å². The van der Waals surface area contributed by atoms with E-state index in [2.05, 4.69) is 10.2 Å². The first-order valence-electron chi connectivity index (χ1n) is 8.35. The molecule has 0 unspecified atom stereocenters. The van der Waals surface area contributed by atoms with Gasteiger partial charge in [0.1, 0.15) is 11.0 Å². The van der Waals surface area contributed by atoms with Crippen LogP contribution in [0, 0.1) is 0 Å². The molecule has 8 heteroatoms. The van der Waals surface area contributed by atoms with Crippen LogP contribution in [0.2, 0.25) is 5.02 Å². The minimum Gasteiger partial charge on any atom is -0.497 e. The average Bonchev–Trinajstić information content (AvgIpc) is 3.29. The molecule has 1 aromatic heterocycles. The number of methoxy groups -OCH3 is 1. The van der Waals surface area contributed by atoms with Crippen molar-refractivity contribution in [2.75, 3.05) is 13.7 Å². The van der Waals surface area contributed by atoms with Crippen molar-refractivity contribution in [1.29, 1.82) is 0 Å². The maximum Gasteiger partial charge on any atom is 0.319 e. The molecule has 0 radical (unpaired) electrons. The summed E-state index contributed by atoms with van der Waals surface area (Å²) in [4.78, 5) is 11.9. The predicted molar refractivity (Wildman–Crippen MR) is 104 cm³/mol. The monoisotopic (exact) mass is 401 g/mol. The Morgan fingerprint density at radius 1 is 1.15 bits per heavy atom. The molecule has 4 rings (SSSR count). The normalized spacial score (nSPS) is 16.4. The van der Waals surface area contributed by atoms with E-state index >= 15 is 0 Å². The Labute approximate surface area is 165 Å². The number of halogens is 1. The van der Waals surface area contributed by atoms with Crippen LogP contribution in [0.3, 0.4) is 0 Å². The maximum atomic E-state index is 11.9. The van der Waals surface area contributed by atoms with E-state index in [9.17, 15) is 4.79 Å². The number of aromatic nitrogens is 3. The number of carbonyl (C=O) groups is 1. The zero-order chi connectivity index (χ0) is 18.8. The predicted octanol–water partition coefficient (Wildman–Crippen LogP) is 4.00. The molecule has 1 saturated heterocycles. The lowest BCUT2D eigenvalue weighted by Gasteiger charge is -2.12. The van der Waals surface area contributed by atoms with Crippen molar-refractivity contribution in [1.82, 2.24) is 14.8 Å². The highest BCUT2D eigenvalue weighted by Crippen LogP contribution is 2.33. The van der Waals surface area contributed by atoms with E-state index < -0.39 is 0 Å². The second-order valence-corrected chi connectivity index (χ2v) is 7.52. The number of hydrogen-bond acceptors (Lipinski definition) is 6. The van der Waals surface area contributed by atoms with Gasteiger partial charge < -0.3 is 9.47 Å². The summed E-state index contributed by atoms with van der Waals surface area (Å²) < 4.78 is 12.2. The first kappa shape index (κ1) is 17.9. The minimum absolute atomic E-state index is 0.211. The number of benzene rings is 2. The zero-order valence-electron chi connectivity index (χ0n) is 14.5. The van der Waals surface area contributed by atoms with Crippen molar-refractivity contribution in [3.63, 3.8) is 0 Å². The number of ether oxygens (including phenoxy) is 2. The first-order valence-corrected chi connectivity index (χ1v) is 9.60. The summed E-state index contributed by atoms with van der Waals surface area (Å²) >= 11 is 7.38. The number of thioether (sulfide) groups is 1. The summed E-state index contributed by atoms with van der Waals surface area (Å²) in [6, 6.07) is 15.0. The Bertz CT molecular complexity index is 957. The molecule has 1 fully saturated rings. The van der Waals surface area contributed by atoms with E-state index in [4.69, 9.17) is 21.1 Å². The summed E-state index contributed by atoms with van der Waals surface area (Å²) in [5.41, 5.74) is 1.75. The molecule has 0 N–H and O–H groups in total. The molecule has 3 aromatic rings. The summed E-state index contributed by atoms with van der Waals surface area (Å²) in [5, 5.41) is 9.71. The Kier molecular flexibility index (Phi) is 5.05. The number of cyclic esters (lactones) is 1. The lowest BCUT2D eigenvalue weighted by atomic mass is 10.2. The van der Waals surface area contributed by atoms with Crippen LogP contribution in [0.25, 0.3) is 17.1 Å². The summed E-state index contributed by atoms with van der Waals surface area (Å²) in [7, 11) is 1.62. The highest BCUT2D eigenvalue weighted by atomic mass is 35.5. The van der Waals surface area contributed by atoms with Gasteiger partial charge in [0.25, 0.3) is 0 Å². The summed E-state index contributed by atoms with van der Waals surface area (Å²) in [6.07, 6.45) is 0.662. The lowest BCUT2D eigenvalue weighted by Crippen LogP contribution is -2.11. The van der Waals surface area contributed by atoms with Crippen molar-refractivity contribution in [3.8, 4) is 22.8 Å². The van der Waals surface area contributed by atoms with E-state index in [1.807, 2.05) is 53.1 Å². The smallest absolute Gasteiger partial charge is 0.319 e. The van der Waals surface area contributed by atoms with Gasteiger partial charge in [-0.05, 0) is 48.5 Å². The van der Waals surface area contributed by atoms with Crippen molar-refractivity contribution < 1.29 is 14.3 Å². The molecule has 1 aliphatic heterocycles. The van der Waals surface area contributed by atoms with E-state index in [0.29, 0.717) is 29.0 Å². The van der Waals surface area contributed by atoms with Crippen LogP contribution in [-0.4, -0.2) is 39.7 Å². The molecule has 1 atom stereocenters. The Hall–Kier alpha value is -2.51. The largest absolute Gasteiger partial charge is 0.497 e. The topological polar surface area (TPSA) is 66.2 Å². The standard InChI is InChI=1S/C19H16ClN3O3S/c1-25-15-8-6-14(7-9-15)23-17(12-2-4-13(20)5-3-12)21-22-19(23)27-16-10-11-26-18(16)24/h2-9,16H,10-11H2,1H3/t16-/m0/s1. The molecule has 138 valence electrons. The third kappa shape index (κ3) is 3.65. The van der Waals surface area contributed by atoms with Crippen molar-refractivity contribution >= 4 is 29.3 Å². The van der Waals surface area contributed by atoms with Gasteiger partial charge in [-0.3, -0.25) is 9.36 Å². The van der Waals surface area contributed by atoms with E-state index in [-0.39, 0.29) is 11.2 Å². The summed E-state index contributed by atoms with van der Waals surface area (Å²) in [5.74, 6) is 1.22. The number of hydrogen-bond donors (Lipinski definition) is 0. The fourth-order valence-corrected chi connectivity index (χ4v) is 3.95. The second kappa shape index (κ2) is 7.62. The van der Waals surface area contributed by atoms with E-state index in [0.717, 1.165) is 17.0 Å². The number of nitrogens with zero attached hydrogens (tertiary/aromatic N) is 3. The molecule has 1 aliphatic rings. The number of esters is 1.